The second-order valence-electron chi connectivity index (χ2n) is 4.47. The van der Waals surface area contributed by atoms with Crippen LogP contribution in [0.1, 0.15) is 25.8 Å². The van der Waals surface area contributed by atoms with Crippen molar-refractivity contribution >= 4 is 10.0 Å². The van der Waals surface area contributed by atoms with Crippen LogP contribution in [0.4, 0.5) is 0 Å². The summed E-state index contributed by atoms with van der Waals surface area (Å²) in [5, 5.41) is 3.20. The van der Waals surface area contributed by atoms with Gasteiger partial charge in [0, 0.05) is 13.1 Å². The standard InChI is InChI=1S/C15H22N2O2S/c1-4-11-17(12-5-2)20(18,19)15-9-7-14(8-10-15)13-16-6-3/h1,7-10,16H,5-6,11-13H2,2-3H3. The first-order valence-electron chi connectivity index (χ1n) is 6.79. The summed E-state index contributed by atoms with van der Waals surface area (Å²) in [6, 6.07) is 6.94. The first kappa shape index (κ1) is 16.7. The average molecular weight is 294 g/mol. The number of rotatable bonds is 8. The molecule has 1 rings (SSSR count). The molecular weight excluding hydrogens is 272 g/mol. The minimum absolute atomic E-state index is 0.106. The lowest BCUT2D eigenvalue weighted by Gasteiger charge is -2.19. The van der Waals surface area contributed by atoms with E-state index in [9.17, 15) is 8.42 Å². The third-order valence-electron chi connectivity index (χ3n) is 2.88. The fourth-order valence-corrected chi connectivity index (χ4v) is 3.28. The predicted molar refractivity (Wildman–Crippen MR) is 81.7 cm³/mol. The molecule has 0 saturated carbocycles. The zero-order valence-corrected chi connectivity index (χ0v) is 12.9. The number of hydrogen-bond donors (Lipinski definition) is 1. The van der Waals surface area contributed by atoms with Crippen molar-refractivity contribution in [3.63, 3.8) is 0 Å². The Balaban J connectivity index is 2.93. The zero-order chi connectivity index (χ0) is 15.0. The largest absolute Gasteiger partial charge is 0.313 e. The number of hydrogen-bond acceptors (Lipinski definition) is 3. The Bertz CT molecular complexity index is 544. The van der Waals surface area contributed by atoms with Crippen molar-refractivity contribution in [1.29, 1.82) is 0 Å². The molecule has 1 N–H and O–H groups in total. The van der Waals surface area contributed by atoms with Gasteiger partial charge in [-0.15, -0.1) is 6.42 Å². The first-order valence-corrected chi connectivity index (χ1v) is 8.23. The quantitative estimate of drug-likeness (QED) is 0.744. The Morgan fingerprint density at radius 1 is 1.25 bits per heavy atom. The van der Waals surface area contributed by atoms with Crippen molar-refractivity contribution in [3.8, 4) is 12.3 Å². The van der Waals surface area contributed by atoms with Gasteiger partial charge < -0.3 is 5.32 Å². The Labute approximate surface area is 122 Å². The summed E-state index contributed by atoms with van der Waals surface area (Å²) in [5.74, 6) is 2.40. The zero-order valence-electron chi connectivity index (χ0n) is 12.1. The van der Waals surface area contributed by atoms with Crippen LogP contribution in [0.3, 0.4) is 0 Å². The molecule has 0 aromatic heterocycles. The molecule has 0 aliphatic carbocycles. The van der Waals surface area contributed by atoms with Gasteiger partial charge in [0.25, 0.3) is 0 Å². The Kier molecular flexibility index (Phi) is 6.73. The van der Waals surface area contributed by atoms with Crippen LogP contribution in [0.15, 0.2) is 29.2 Å². The van der Waals surface area contributed by atoms with E-state index < -0.39 is 10.0 Å². The molecule has 0 saturated heterocycles. The molecule has 0 atom stereocenters. The SMILES string of the molecule is C#CCN(CCC)S(=O)(=O)c1ccc(CNCC)cc1. The molecule has 1 aromatic rings. The van der Waals surface area contributed by atoms with E-state index in [0.29, 0.717) is 11.4 Å². The summed E-state index contributed by atoms with van der Waals surface area (Å²) >= 11 is 0. The van der Waals surface area contributed by atoms with Gasteiger partial charge in [0.1, 0.15) is 0 Å². The van der Waals surface area contributed by atoms with Crippen LogP contribution in [0.5, 0.6) is 0 Å². The van der Waals surface area contributed by atoms with E-state index in [1.54, 1.807) is 12.1 Å². The summed E-state index contributed by atoms with van der Waals surface area (Å²) in [6.45, 7) is 6.12. The van der Waals surface area contributed by atoms with Gasteiger partial charge in [-0.3, -0.25) is 0 Å². The Hall–Kier alpha value is -1.35. The predicted octanol–water partition coefficient (Wildman–Crippen LogP) is 1.83. The fourth-order valence-electron chi connectivity index (χ4n) is 1.83. The molecule has 4 nitrogen and oxygen atoms in total. The molecule has 0 heterocycles. The van der Waals surface area contributed by atoms with Crippen LogP contribution in [0, 0.1) is 12.3 Å². The Morgan fingerprint density at radius 2 is 1.90 bits per heavy atom. The molecular formula is C15H22N2O2S. The van der Waals surface area contributed by atoms with E-state index in [1.165, 1.54) is 4.31 Å². The maximum atomic E-state index is 12.5. The molecule has 0 bridgehead atoms. The van der Waals surface area contributed by atoms with Gasteiger partial charge >= 0.3 is 0 Å². The van der Waals surface area contributed by atoms with E-state index in [0.717, 1.165) is 25.1 Å². The lowest BCUT2D eigenvalue weighted by molar-refractivity contribution is 0.445. The van der Waals surface area contributed by atoms with Crippen molar-refractivity contribution in [1.82, 2.24) is 9.62 Å². The van der Waals surface area contributed by atoms with Crippen LogP contribution >= 0.6 is 0 Å². The van der Waals surface area contributed by atoms with Gasteiger partial charge in [-0.05, 0) is 30.7 Å². The normalized spacial score (nSPS) is 11.5. The first-order chi connectivity index (χ1) is 9.56. The van der Waals surface area contributed by atoms with E-state index in [1.807, 2.05) is 26.0 Å². The van der Waals surface area contributed by atoms with E-state index >= 15 is 0 Å². The van der Waals surface area contributed by atoms with Crippen molar-refractivity contribution in [2.75, 3.05) is 19.6 Å². The highest BCUT2D eigenvalue weighted by molar-refractivity contribution is 7.89. The van der Waals surface area contributed by atoms with Gasteiger partial charge in [0.05, 0.1) is 11.4 Å². The highest BCUT2D eigenvalue weighted by Crippen LogP contribution is 2.16. The van der Waals surface area contributed by atoms with Crippen molar-refractivity contribution in [2.24, 2.45) is 0 Å². The summed E-state index contributed by atoms with van der Waals surface area (Å²) in [6.07, 6.45) is 5.98. The van der Waals surface area contributed by atoms with Gasteiger partial charge in [-0.1, -0.05) is 31.9 Å². The molecule has 20 heavy (non-hydrogen) atoms. The lowest BCUT2D eigenvalue weighted by atomic mass is 10.2. The summed E-state index contributed by atoms with van der Waals surface area (Å²) in [4.78, 5) is 0.293. The van der Waals surface area contributed by atoms with Crippen LogP contribution in [0.2, 0.25) is 0 Å². The third-order valence-corrected chi connectivity index (χ3v) is 4.74. The van der Waals surface area contributed by atoms with Gasteiger partial charge in [0.2, 0.25) is 10.0 Å². The topological polar surface area (TPSA) is 49.4 Å². The fraction of sp³-hybridized carbons (Fsp3) is 0.467. The van der Waals surface area contributed by atoms with Gasteiger partial charge in [-0.2, -0.15) is 4.31 Å². The number of benzene rings is 1. The maximum Gasteiger partial charge on any atom is 0.243 e. The van der Waals surface area contributed by atoms with E-state index in [-0.39, 0.29) is 6.54 Å². The van der Waals surface area contributed by atoms with Crippen LogP contribution in [-0.2, 0) is 16.6 Å². The molecule has 0 aliphatic heterocycles. The average Bonchev–Trinajstić information content (AvgIpc) is 2.45. The molecule has 110 valence electrons. The van der Waals surface area contributed by atoms with Crippen LogP contribution < -0.4 is 5.32 Å². The lowest BCUT2D eigenvalue weighted by Crippen LogP contribution is -2.32. The summed E-state index contributed by atoms with van der Waals surface area (Å²) in [5.41, 5.74) is 1.06. The van der Waals surface area contributed by atoms with E-state index in [4.69, 9.17) is 6.42 Å². The minimum Gasteiger partial charge on any atom is -0.313 e. The molecule has 0 spiro atoms. The number of nitrogens with zero attached hydrogens (tertiary/aromatic N) is 1. The molecule has 0 amide bonds. The Morgan fingerprint density at radius 3 is 2.40 bits per heavy atom. The highest BCUT2D eigenvalue weighted by Gasteiger charge is 2.22. The van der Waals surface area contributed by atoms with Crippen molar-refractivity contribution < 1.29 is 8.42 Å². The molecule has 1 aromatic carbocycles. The number of sulfonamides is 1. The van der Waals surface area contributed by atoms with Gasteiger partial charge in [-0.25, -0.2) is 8.42 Å². The van der Waals surface area contributed by atoms with E-state index in [2.05, 4.69) is 11.2 Å². The highest BCUT2D eigenvalue weighted by atomic mass is 32.2. The minimum atomic E-state index is -3.49. The summed E-state index contributed by atoms with van der Waals surface area (Å²) in [7, 11) is -3.49. The van der Waals surface area contributed by atoms with Crippen molar-refractivity contribution in [3.05, 3.63) is 29.8 Å². The molecule has 5 heteroatoms. The molecule has 0 aliphatic rings. The molecule has 0 unspecified atom stereocenters. The number of nitrogens with one attached hydrogen (secondary N) is 1. The second kappa shape index (κ2) is 8.05. The number of terminal acetylenes is 1. The van der Waals surface area contributed by atoms with Crippen LogP contribution in [0.25, 0.3) is 0 Å². The monoisotopic (exact) mass is 294 g/mol. The van der Waals surface area contributed by atoms with Gasteiger partial charge in [0.15, 0.2) is 0 Å². The summed E-state index contributed by atoms with van der Waals surface area (Å²) < 4.78 is 26.2. The smallest absolute Gasteiger partial charge is 0.243 e. The molecule has 0 fully saturated rings. The maximum absolute atomic E-state index is 12.5. The third kappa shape index (κ3) is 4.34. The second-order valence-corrected chi connectivity index (χ2v) is 6.40. The van der Waals surface area contributed by atoms with Crippen LogP contribution in [-0.4, -0.2) is 32.4 Å². The van der Waals surface area contributed by atoms with Crippen molar-refractivity contribution in [2.45, 2.75) is 31.7 Å². The molecule has 0 radical (unpaired) electrons.